The maximum absolute atomic E-state index is 14.2. The number of anilines is 1. The molecule has 1 saturated carbocycles. The lowest BCUT2D eigenvalue weighted by molar-refractivity contribution is 0.102. The van der Waals surface area contributed by atoms with Crippen molar-refractivity contribution in [2.75, 3.05) is 19.2 Å². The van der Waals surface area contributed by atoms with Gasteiger partial charge in [-0.2, -0.15) is 0 Å². The number of amides is 1. The topological polar surface area (TPSA) is 124 Å². The molecule has 0 spiro atoms. The normalized spacial score (nSPS) is 18.5. The summed E-state index contributed by atoms with van der Waals surface area (Å²) in [5, 5.41) is 2.65. The molecule has 3 rings (SSSR count). The van der Waals surface area contributed by atoms with E-state index in [9.17, 15) is 13.6 Å². The number of methoxy groups -OCH3 is 1. The Morgan fingerprint density at radius 1 is 1.39 bits per heavy atom. The zero-order chi connectivity index (χ0) is 20.1. The quantitative estimate of drug-likeness (QED) is 0.282. The molecule has 9 nitrogen and oxygen atoms in total. The van der Waals surface area contributed by atoms with Crippen LogP contribution in [-0.2, 0) is 4.84 Å². The number of hydrogen-bond acceptors (Lipinski definition) is 7. The standard InChI is InChI=1S/C17H18F2N6O3/c1-27-15-7-21-14(6-22-15)16(26)24-9-2-3-12(19)10(4-9)11-5-13(11)25-28-17(20)23-8-18/h2-4,6-7,11,13,25H,5,8H2,1H3,(H2,20,23)(H,24,26)/t11-,13-/m1/s1. The second kappa shape index (κ2) is 8.57. The van der Waals surface area contributed by atoms with Gasteiger partial charge in [0.15, 0.2) is 6.80 Å². The Bertz CT molecular complexity index is 878. The molecule has 1 aliphatic carbocycles. The van der Waals surface area contributed by atoms with Crippen molar-refractivity contribution in [3.8, 4) is 5.88 Å². The highest BCUT2D eigenvalue weighted by Gasteiger charge is 2.41. The molecule has 148 valence electrons. The first-order valence-corrected chi connectivity index (χ1v) is 8.27. The van der Waals surface area contributed by atoms with Gasteiger partial charge in [0.25, 0.3) is 5.91 Å². The Morgan fingerprint density at radius 3 is 2.89 bits per heavy atom. The van der Waals surface area contributed by atoms with Crippen LogP contribution in [0.2, 0.25) is 0 Å². The summed E-state index contributed by atoms with van der Waals surface area (Å²) in [5.74, 6) is -0.804. The Hall–Kier alpha value is -3.34. The van der Waals surface area contributed by atoms with Gasteiger partial charge in [-0.3, -0.25) is 4.79 Å². The summed E-state index contributed by atoms with van der Waals surface area (Å²) >= 11 is 0. The van der Waals surface area contributed by atoms with Crippen LogP contribution in [0, 0.1) is 5.82 Å². The average molecular weight is 392 g/mol. The van der Waals surface area contributed by atoms with Crippen molar-refractivity contribution in [3.63, 3.8) is 0 Å². The molecule has 28 heavy (non-hydrogen) atoms. The number of carbonyl (C=O) groups is 1. The summed E-state index contributed by atoms with van der Waals surface area (Å²) in [5.41, 5.74) is 8.82. The van der Waals surface area contributed by atoms with E-state index in [1.807, 2.05) is 0 Å². The fraction of sp³-hybridized carbons (Fsp3) is 0.294. The van der Waals surface area contributed by atoms with Gasteiger partial charge in [-0.05, 0) is 30.2 Å². The number of carbonyl (C=O) groups excluding carboxylic acids is 1. The molecular formula is C17H18F2N6O3. The molecule has 1 aliphatic rings. The Morgan fingerprint density at radius 2 is 2.21 bits per heavy atom. The van der Waals surface area contributed by atoms with Gasteiger partial charge in [0.1, 0.15) is 11.5 Å². The lowest BCUT2D eigenvalue weighted by Crippen LogP contribution is -2.28. The highest BCUT2D eigenvalue weighted by molar-refractivity contribution is 6.02. The third kappa shape index (κ3) is 4.68. The van der Waals surface area contributed by atoms with Gasteiger partial charge in [-0.15, -0.1) is 5.48 Å². The van der Waals surface area contributed by atoms with E-state index >= 15 is 0 Å². The molecule has 4 N–H and O–H groups in total. The number of halogens is 2. The third-order valence-electron chi connectivity index (χ3n) is 4.04. The van der Waals surface area contributed by atoms with Crippen LogP contribution in [-0.4, -0.2) is 41.8 Å². The molecule has 0 radical (unpaired) electrons. The number of nitrogens with one attached hydrogen (secondary N) is 2. The van der Waals surface area contributed by atoms with E-state index in [2.05, 4.69) is 25.8 Å². The van der Waals surface area contributed by atoms with Crippen LogP contribution in [0.25, 0.3) is 0 Å². The maximum atomic E-state index is 14.2. The van der Waals surface area contributed by atoms with Gasteiger partial charge in [0, 0.05) is 11.6 Å². The van der Waals surface area contributed by atoms with Gasteiger partial charge >= 0.3 is 6.02 Å². The van der Waals surface area contributed by atoms with Crippen molar-refractivity contribution in [1.82, 2.24) is 15.4 Å². The van der Waals surface area contributed by atoms with E-state index in [0.717, 1.165) is 0 Å². The molecule has 1 heterocycles. The minimum Gasteiger partial charge on any atom is -0.480 e. The number of hydrogen-bond donors (Lipinski definition) is 3. The van der Waals surface area contributed by atoms with Crippen LogP contribution in [0.3, 0.4) is 0 Å². The largest absolute Gasteiger partial charge is 0.480 e. The first kappa shape index (κ1) is 19.4. The van der Waals surface area contributed by atoms with E-state index in [-0.39, 0.29) is 29.6 Å². The number of rotatable bonds is 7. The minimum atomic E-state index is -0.990. The number of aromatic nitrogens is 2. The number of alkyl halides is 1. The van der Waals surface area contributed by atoms with E-state index in [1.165, 1.54) is 37.7 Å². The number of aliphatic imine (C=N–C) groups is 1. The molecule has 0 unspecified atom stereocenters. The van der Waals surface area contributed by atoms with E-state index in [1.54, 1.807) is 0 Å². The van der Waals surface area contributed by atoms with Crippen molar-refractivity contribution in [2.45, 2.75) is 18.4 Å². The number of nitrogens with two attached hydrogens (primary N) is 1. The summed E-state index contributed by atoms with van der Waals surface area (Å²) in [6.45, 7) is -0.990. The van der Waals surface area contributed by atoms with Crippen molar-refractivity contribution >= 4 is 17.6 Å². The first-order valence-electron chi connectivity index (χ1n) is 8.27. The minimum absolute atomic E-state index is 0.0914. The predicted molar refractivity (Wildman–Crippen MR) is 95.9 cm³/mol. The van der Waals surface area contributed by atoms with Crippen LogP contribution in [0.15, 0.2) is 35.6 Å². The molecule has 0 bridgehead atoms. The Balaban J connectivity index is 1.63. The third-order valence-corrected chi connectivity index (χ3v) is 4.04. The van der Waals surface area contributed by atoms with Gasteiger partial charge in [0.05, 0.1) is 25.5 Å². The maximum Gasteiger partial charge on any atom is 0.304 e. The molecule has 1 aromatic heterocycles. The van der Waals surface area contributed by atoms with Gasteiger partial charge < -0.3 is 20.6 Å². The zero-order valence-corrected chi connectivity index (χ0v) is 14.9. The molecular weight excluding hydrogens is 374 g/mol. The van der Waals surface area contributed by atoms with Crippen molar-refractivity contribution in [3.05, 3.63) is 47.7 Å². The number of hydroxylamine groups is 1. The first-order chi connectivity index (χ1) is 13.5. The number of ether oxygens (including phenoxy) is 1. The number of nitrogens with zero attached hydrogens (tertiary/aromatic N) is 3. The SMILES string of the molecule is COc1cnc(C(=O)Nc2ccc(F)c([C@H]3C[C@H]3NO/C(N)=N\CF)c2)cn1. The van der Waals surface area contributed by atoms with E-state index < -0.39 is 18.5 Å². The van der Waals surface area contributed by atoms with E-state index in [4.69, 9.17) is 15.3 Å². The lowest BCUT2D eigenvalue weighted by Gasteiger charge is -2.09. The van der Waals surface area contributed by atoms with Crippen molar-refractivity contribution in [1.29, 1.82) is 0 Å². The van der Waals surface area contributed by atoms with Gasteiger partial charge in [-0.25, -0.2) is 23.7 Å². The molecule has 0 aliphatic heterocycles. The zero-order valence-electron chi connectivity index (χ0n) is 14.9. The number of amidine groups is 1. The van der Waals surface area contributed by atoms with Gasteiger partial charge in [-0.1, -0.05) is 0 Å². The monoisotopic (exact) mass is 392 g/mol. The van der Waals surface area contributed by atoms with Gasteiger partial charge in [0.2, 0.25) is 5.88 Å². The molecule has 1 aromatic carbocycles. The van der Waals surface area contributed by atoms with Crippen molar-refractivity contribution in [2.24, 2.45) is 10.7 Å². The van der Waals surface area contributed by atoms with Crippen LogP contribution in [0.1, 0.15) is 28.4 Å². The van der Waals surface area contributed by atoms with Crippen LogP contribution >= 0.6 is 0 Å². The second-order valence-electron chi connectivity index (χ2n) is 5.92. The van der Waals surface area contributed by atoms with E-state index in [0.29, 0.717) is 17.7 Å². The predicted octanol–water partition coefficient (Wildman–Crippen LogP) is 1.50. The van der Waals surface area contributed by atoms with Crippen LogP contribution in [0.5, 0.6) is 5.88 Å². The molecule has 1 amide bonds. The number of benzene rings is 1. The Labute approximate surface area is 158 Å². The fourth-order valence-electron chi connectivity index (χ4n) is 2.54. The smallest absolute Gasteiger partial charge is 0.304 e. The molecule has 11 heteroatoms. The fourth-order valence-corrected chi connectivity index (χ4v) is 2.54. The molecule has 2 atom stereocenters. The highest BCUT2D eigenvalue weighted by Crippen LogP contribution is 2.42. The molecule has 0 saturated heterocycles. The van der Waals surface area contributed by atoms with Crippen LogP contribution in [0.4, 0.5) is 14.5 Å². The summed E-state index contributed by atoms with van der Waals surface area (Å²) in [6.07, 6.45) is 3.19. The summed E-state index contributed by atoms with van der Waals surface area (Å²) in [4.78, 5) is 28.2. The summed E-state index contributed by atoms with van der Waals surface area (Å²) in [7, 11) is 1.44. The lowest BCUT2D eigenvalue weighted by atomic mass is 10.1. The molecule has 2 aromatic rings. The summed E-state index contributed by atoms with van der Waals surface area (Å²) < 4.78 is 31.1. The summed E-state index contributed by atoms with van der Waals surface area (Å²) in [6, 6.07) is 3.70. The second-order valence-corrected chi connectivity index (χ2v) is 5.92. The highest BCUT2D eigenvalue weighted by atomic mass is 19.1. The van der Waals surface area contributed by atoms with Crippen molar-refractivity contribution < 1.29 is 23.1 Å². The van der Waals surface area contributed by atoms with Crippen LogP contribution < -0.4 is 21.3 Å². The average Bonchev–Trinajstić information content (AvgIpc) is 3.47. The molecule has 1 fully saturated rings. The Kier molecular flexibility index (Phi) is 5.94.